The molecule has 3 nitrogen and oxygen atoms in total. The monoisotopic (exact) mass is 267 g/mol. The van der Waals surface area contributed by atoms with Gasteiger partial charge in [0.25, 0.3) is 5.59 Å². The molecule has 1 unspecified atom stereocenters. The van der Waals surface area contributed by atoms with Crippen LogP contribution in [0.25, 0.3) is 0 Å². The number of hydrogen-bond acceptors (Lipinski definition) is 3. The summed E-state index contributed by atoms with van der Waals surface area (Å²) in [6.07, 6.45) is 2.02. The Bertz CT molecular complexity index is 520. The molecule has 1 aromatic rings. The quantitative estimate of drug-likeness (QED) is 0.790. The Morgan fingerprint density at radius 2 is 1.68 bits per heavy atom. The molecule has 95 valence electrons. The predicted octanol–water partition coefficient (Wildman–Crippen LogP) is 2.61. The Morgan fingerprint density at radius 3 is 2.16 bits per heavy atom. The van der Waals surface area contributed by atoms with Gasteiger partial charge in [-0.25, -0.2) is 0 Å². The van der Waals surface area contributed by atoms with Gasteiger partial charge in [-0.2, -0.15) is 0 Å². The Balaban J connectivity index is 0.00000180. The van der Waals surface area contributed by atoms with Crippen LogP contribution >= 0.6 is 0 Å². The third-order valence-electron chi connectivity index (χ3n) is 3.16. The van der Waals surface area contributed by atoms with Crippen LogP contribution in [0.4, 0.5) is 4.79 Å². The van der Waals surface area contributed by atoms with Gasteiger partial charge in [0.15, 0.2) is 0 Å². The maximum Gasteiger partial charge on any atom is 0.282 e. The summed E-state index contributed by atoms with van der Waals surface area (Å²) in [5.74, 6) is 1.32. The Labute approximate surface area is 127 Å². The number of carbonyl (C=O) groups excluding carboxylic acids is 1. The SMILES string of the molecule is COc1ccc(OC(=O)[SiH]2C=CC(C)=C2C)cc1.[Li]. The molecule has 5 heteroatoms. The molecule has 1 aromatic carbocycles. The van der Waals surface area contributed by atoms with E-state index in [2.05, 4.69) is 0 Å². The topological polar surface area (TPSA) is 35.5 Å². The maximum atomic E-state index is 12.0. The molecular formula is C14H16LiO3Si. The molecule has 1 aliphatic heterocycles. The second-order valence-electron chi connectivity index (χ2n) is 4.30. The average Bonchev–Trinajstić information content (AvgIpc) is 2.71. The van der Waals surface area contributed by atoms with Crippen molar-refractivity contribution in [2.24, 2.45) is 0 Å². The largest absolute Gasteiger partial charge is 0.497 e. The van der Waals surface area contributed by atoms with E-state index in [4.69, 9.17) is 9.47 Å². The van der Waals surface area contributed by atoms with Crippen molar-refractivity contribution in [3.8, 4) is 11.5 Å². The molecule has 1 radical (unpaired) electrons. The van der Waals surface area contributed by atoms with Crippen LogP contribution in [-0.2, 0) is 0 Å². The number of allylic oxidation sites excluding steroid dienone is 3. The van der Waals surface area contributed by atoms with E-state index in [0.717, 1.165) is 5.75 Å². The van der Waals surface area contributed by atoms with Crippen molar-refractivity contribution in [1.82, 2.24) is 0 Å². The van der Waals surface area contributed by atoms with E-state index in [-0.39, 0.29) is 24.5 Å². The summed E-state index contributed by atoms with van der Waals surface area (Å²) < 4.78 is 10.5. The second kappa shape index (κ2) is 6.81. The van der Waals surface area contributed by atoms with Gasteiger partial charge < -0.3 is 9.47 Å². The number of carbonyl (C=O) groups is 1. The zero-order valence-corrected chi connectivity index (χ0v) is 12.9. The van der Waals surface area contributed by atoms with Gasteiger partial charge in [-0.1, -0.05) is 22.5 Å². The number of methoxy groups -OCH3 is 1. The Kier molecular flexibility index (Phi) is 5.68. The first-order chi connectivity index (χ1) is 8.61. The van der Waals surface area contributed by atoms with Gasteiger partial charge in [0.1, 0.15) is 11.5 Å². The van der Waals surface area contributed by atoms with Crippen molar-refractivity contribution in [2.45, 2.75) is 13.8 Å². The number of rotatable bonds is 3. The zero-order valence-electron chi connectivity index (χ0n) is 11.8. The van der Waals surface area contributed by atoms with E-state index in [9.17, 15) is 4.79 Å². The minimum absolute atomic E-state index is 0. The zero-order chi connectivity index (χ0) is 13.1. The molecule has 0 bridgehead atoms. The molecule has 1 atom stereocenters. The molecule has 0 spiro atoms. The molecule has 0 amide bonds. The molecular weight excluding hydrogens is 251 g/mol. The third-order valence-corrected chi connectivity index (χ3v) is 5.75. The fourth-order valence-electron chi connectivity index (χ4n) is 1.84. The van der Waals surface area contributed by atoms with Crippen molar-refractivity contribution < 1.29 is 14.3 Å². The van der Waals surface area contributed by atoms with E-state index in [0.29, 0.717) is 5.75 Å². The Hall–Kier alpha value is -1.22. The first-order valence-corrected chi connectivity index (χ1v) is 7.65. The smallest absolute Gasteiger partial charge is 0.282 e. The van der Waals surface area contributed by atoms with E-state index in [1.807, 2.05) is 25.6 Å². The van der Waals surface area contributed by atoms with Crippen LogP contribution in [0.15, 0.2) is 46.8 Å². The number of benzene rings is 1. The van der Waals surface area contributed by atoms with Crippen LogP contribution in [-0.4, -0.2) is 40.4 Å². The van der Waals surface area contributed by atoms with Crippen molar-refractivity contribution in [1.29, 1.82) is 0 Å². The van der Waals surface area contributed by atoms with E-state index < -0.39 is 8.80 Å². The summed E-state index contributed by atoms with van der Waals surface area (Å²) in [5.41, 5.74) is 3.10. The van der Waals surface area contributed by atoms with Gasteiger partial charge in [-0.3, -0.25) is 4.79 Å². The molecule has 0 fully saturated rings. The summed E-state index contributed by atoms with van der Waals surface area (Å²) in [5, 5.41) is 1.19. The normalized spacial score (nSPS) is 17.1. The van der Waals surface area contributed by atoms with Crippen molar-refractivity contribution in [2.75, 3.05) is 7.11 Å². The summed E-state index contributed by atoms with van der Waals surface area (Å²) >= 11 is 0. The molecule has 0 aliphatic carbocycles. The van der Waals surface area contributed by atoms with Gasteiger partial charge in [0.05, 0.1) is 7.11 Å². The first kappa shape index (κ1) is 15.8. The summed E-state index contributed by atoms with van der Waals surface area (Å²) in [7, 11) is -0.104. The third kappa shape index (κ3) is 3.63. The van der Waals surface area contributed by atoms with Crippen molar-refractivity contribution >= 4 is 33.2 Å². The predicted molar refractivity (Wildman–Crippen MR) is 79.4 cm³/mol. The van der Waals surface area contributed by atoms with E-state index in [1.165, 1.54) is 10.8 Å². The van der Waals surface area contributed by atoms with Crippen LogP contribution < -0.4 is 9.47 Å². The molecule has 1 aliphatic rings. The average molecular weight is 267 g/mol. The number of hydrogen-bond donors (Lipinski definition) is 0. The fourth-order valence-corrected chi connectivity index (χ4v) is 3.97. The molecule has 0 aromatic heterocycles. The first-order valence-electron chi connectivity index (χ1n) is 5.83. The molecule has 0 saturated heterocycles. The van der Waals surface area contributed by atoms with Gasteiger partial charge in [0, 0.05) is 18.9 Å². The van der Waals surface area contributed by atoms with E-state index in [1.54, 1.807) is 31.4 Å². The summed E-state index contributed by atoms with van der Waals surface area (Å²) in [4.78, 5) is 12.0. The van der Waals surface area contributed by atoms with Crippen LogP contribution in [0.1, 0.15) is 13.8 Å². The van der Waals surface area contributed by atoms with E-state index >= 15 is 0 Å². The van der Waals surface area contributed by atoms with Crippen molar-refractivity contribution in [3.63, 3.8) is 0 Å². The van der Waals surface area contributed by atoms with Crippen LogP contribution in [0.3, 0.4) is 0 Å². The molecule has 0 saturated carbocycles. The van der Waals surface area contributed by atoms with Gasteiger partial charge in [-0.05, 0) is 38.1 Å². The molecule has 0 N–H and O–H groups in total. The minimum Gasteiger partial charge on any atom is -0.497 e. The van der Waals surface area contributed by atoms with Crippen molar-refractivity contribution in [3.05, 3.63) is 46.8 Å². The molecule has 19 heavy (non-hydrogen) atoms. The standard InChI is InChI=1S/C14H16O3Si.Li/c1-10-8-9-18(11(10)2)14(15)17-13-6-4-12(16-3)5-7-13;/h4-9,18H,1-3H3;. The summed E-state index contributed by atoms with van der Waals surface area (Å²) in [6.45, 7) is 4.04. The molecule has 2 rings (SSSR count). The minimum atomic E-state index is -1.71. The second-order valence-corrected chi connectivity index (χ2v) is 6.98. The van der Waals surface area contributed by atoms with Gasteiger partial charge in [0.2, 0.25) is 8.80 Å². The van der Waals surface area contributed by atoms with Gasteiger partial charge in [-0.15, -0.1) is 0 Å². The Morgan fingerprint density at radius 1 is 1.11 bits per heavy atom. The maximum absolute atomic E-state index is 12.0. The van der Waals surface area contributed by atoms with Crippen LogP contribution in [0, 0.1) is 0 Å². The number of ether oxygens (including phenoxy) is 2. The van der Waals surface area contributed by atoms with Crippen LogP contribution in [0.2, 0.25) is 0 Å². The molecule has 1 heterocycles. The fraction of sp³-hybridized carbons (Fsp3) is 0.214. The summed E-state index contributed by atoms with van der Waals surface area (Å²) in [6, 6.07) is 7.05. The van der Waals surface area contributed by atoms with Gasteiger partial charge >= 0.3 is 0 Å². The van der Waals surface area contributed by atoms with Crippen LogP contribution in [0.5, 0.6) is 11.5 Å².